The minimum absolute atomic E-state index is 0.000357. The largest absolute Gasteiger partial charge is 0.495 e. The van der Waals surface area contributed by atoms with E-state index in [0.717, 1.165) is 17.1 Å². The molecule has 39 heavy (non-hydrogen) atoms. The minimum Gasteiger partial charge on any atom is -0.495 e. The van der Waals surface area contributed by atoms with Gasteiger partial charge in [-0.05, 0) is 62.2 Å². The first-order chi connectivity index (χ1) is 18.7. The number of hydrogen-bond acceptors (Lipinski definition) is 7. The summed E-state index contributed by atoms with van der Waals surface area (Å²) in [5.41, 5.74) is 0.300. The van der Waals surface area contributed by atoms with Gasteiger partial charge in [0.05, 0.1) is 34.9 Å². The van der Waals surface area contributed by atoms with Crippen molar-refractivity contribution in [2.45, 2.75) is 29.6 Å². The van der Waals surface area contributed by atoms with E-state index in [-0.39, 0.29) is 33.5 Å². The molecule has 0 radical (unpaired) electrons. The fourth-order valence-corrected chi connectivity index (χ4v) is 7.30. The molecule has 0 aromatic heterocycles. The second-order valence-corrected chi connectivity index (χ2v) is 12.5. The van der Waals surface area contributed by atoms with Crippen molar-refractivity contribution in [3.05, 3.63) is 72.8 Å². The zero-order valence-corrected chi connectivity index (χ0v) is 23.4. The summed E-state index contributed by atoms with van der Waals surface area (Å²) in [6.45, 7) is 2.32. The molecule has 0 unspecified atom stereocenters. The number of anilines is 2. The molecule has 0 aliphatic carbocycles. The number of nitrogens with one attached hydrogen (secondary N) is 1. The van der Waals surface area contributed by atoms with Gasteiger partial charge in [-0.25, -0.2) is 16.8 Å². The van der Waals surface area contributed by atoms with Gasteiger partial charge in [-0.3, -0.25) is 9.10 Å². The topological polar surface area (TPSA) is 122 Å². The van der Waals surface area contributed by atoms with Crippen molar-refractivity contribution >= 4 is 37.3 Å². The van der Waals surface area contributed by atoms with Gasteiger partial charge in [0.1, 0.15) is 18.0 Å². The molecule has 1 heterocycles. The first kappa shape index (κ1) is 28.4. The van der Waals surface area contributed by atoms with Gasteiger partial charge in [0.15, 0.2) is 0 Å². The summed E-state index contributed by atoms with van der Waals surface area (Å²) in [5, 5.41) is 2.65. The van der Waals surface area contributed by atoms with E-state index in [2.05, 4.69) is 5.32 Å². The van der Waals surface area contributed by atoms with Gasteiger partial charge >= 0.3 is 0 Å². The summed E-state index contributed by atoms with van der Waals surface area (Å²) in [6.07, 6.45) is 1.57. The standard InChI is InChI=1S/C27H31N3O7S2/c1-3-37-26-14-8-7-13-24(26)30(39(34,35)21-11-5-4-6-12-21)20-27(31)28-23-19-22(15-16-25(23)36-2)38(32,33)29-17-9-10-18-29/h4-8,11-16,19H,3,9-10,17-18,20H2,1-2H3,(H,28,31). The second-order valence-electron chi connectivity index (χ2n) is 8.75. The summed E-state index contributed by atoms with van der Waals surface area (Å²) in [6, 6.07) is 18.5. The third-order valence-electron chi connectivity index (χ3n) is 6.20. The van der Waals surface area contributed by atoms with Crippen LogP contribution in [0, 0.1) is 0 Å². The molecule has 1 aliphatic rings. The van der Waals surface area contributed by atoms with Crippen LogP contribution in [0.1, 0.15) is 19.8 Å². The number of nitrogens with zero attached hydrogens (tertiary/aromatic N) is 2. The van der Waals surface area contributed by atoms with Gasteiger partial charge in [0.2, 0.25) is 15.9 Å². The predicted molar refractivity (Wildman–Crippen MR) is 148 cm³/mol. The maximum absolute atomic E-state index is 13.7. The Morgan fingerprint density at radius 1 is 0.897 bits per heavy atom. The van der Waals surface area contributed by atoms with Gasteiger partial charge in [-0.15, -0.1) is 0 Å². The van der Waals surface area contributed by atoms with Crippen LogP contribution < -0.4 is 19.1 Å². The van der Waals surface area contributed by atoms with Gasteiger partial charge in [0, 0.05) is 13.1 Å². The van der Waals surface area contributed by atoms with Crippen molar-refractivity contribution in [3.63, 3.8) is 0 Å². The molecule has 12 heteroatoms. The molecule has 0 bridgehead atoms. The third-order valence-corrected chi connectivity index (χ3v) is 9.87. The summed E-state index contributed by atoms with van der Waals surface area (Å²) in [7, 11) is -6.54. The molecule has 4 rings (SSSR count). The number of amides is 1. The molecule has 1 aliphatic heterocycles. The summed E-state index contributed by atoms with van der Waals surface area (Å²) < 4.78 is 67.0. The van der Waals surface area contributed by atoms with E-state index in [4.69, 9.17) is 9.47 Å². The van der Waals surface area contributed by atoms with Crippen molar-refractivity contribution in [1.29, 1.82) is 0 Å². The van der Waals surface area contributed by atoms with E-state index >= 15 is 0 Å². The van der Waals surface area contributed by atoms with E-state index in [9.17, 15) is 21.6 Å². The molecule has 0 atom stereocenters. The Morgan fingerprint density at radius 3 is 2.23 bits per heavy atom. The van der Waals surface area contributed by atoms with Crippen LogP contribution >= 0.6 is 0 Å². The molecule has 1 fully saturated rings. The molecule has 3 aromatic rings. The lowest BCUT2D eigenvalue weighted by Crippen LogP contribution is -2.38. The highest BCUT2D eigenvalue weighted by Crippen LogP contribution is 2.34. The predicted octanol–water partition coefficient (Wildman–Crippen LogP) is 3.71. The molecule has 208 valence electrons. The molecule has 0 saturated carbocycles. The SMILES string of the molecule is CCOc1ccccc1N(CC(=O)Nc1cc(S(=O)(=O)N2CCCC2)ccc1OC)S(=O)(=O)c1ccccc1. The fraction of sp³-hybridized carbons (Fsp3) is 0.296. The zero-order chi connectivity index (χ0) is 28.0. The molecule has 3 aromatic carbocycles. The van der Waals surface area contributed by atoms with Crippen LogP contribution in [0.15, 0.2) is 82.6 Å². The Kier molecular flexibility index (Phi) is 8.78. The number of carbonyl (C=O) groups is 1. The van der Waals surface area contributed by atoms with Crippen LogP contribution in [0.25, 0.3) is 0 Å². The highest BCUT2D eigenvalue weighted by Gasteiger charge is 2.31. The van der Waals surface area contributed by atoms with Crippen LogP contribution in [-0.4, -0.2) is 60.4 Å². The minimum atomic E-state index is -4.18. The zero-order valence-electron chi connectivity index (χ0n) is 21.7. The van der Waals surface area contributed by atoms with Crippen molar-refractivity contribution in [2.24, 2.45) is 0 Å². The molecule has 1 saturated heterocycles. The first-order valence-corrected chi connectivity index (χ1v) is 15.3. The number of carbonyl (C=O) groups excluding carboxylic acids is 1. The number of ether oxygens (including phenoxy) is 2. The molecule has 1 N–H and O–H groups in total. The lowest BCUT2D eigenvalue weighted by atomic mass is 10.2. The van der Waals surface area contributed by atoms with Gasteiger partial charge < -0.3 is 14.8 Å². The van der Waals surface area contributed by atoms with Crippen molar-refractivity contribution in [3.8, 4) is 11.5 Å². The Hall–Kier alpha value is -3.61. The average Bonchev–Trinajstić information content (AvgIpc) is 3.49. The van der Waals surface area contributed by atoms with E-state index in [1.54, 1.807) is 49.4 Å². The summed E-state index contributed by atoms with van der Waals surface area (Å²) in [4.78, 5) is 13.4. The van der Waals surface area contributed by atoms with E-state index < -0.39 is 32.5 Å². The number of para-hydroxylation sites is 2. The van der Waals surface area contributed by atoms with Crippen LogP contribution in [0.4, 0.5) is 11.4 Å². The Bertz CT molecular complexity index is 1520. The Morgan fingerprint density at radius 2 is 1.56 bits per heavy atom. The fourth-order valence-electron chi connectivity index (χ4n) is 4.30. The number of sulfonamides is 2. The summed E-state index contributed by atoms with van der Waals surface area (Å²) >= 11 is 0. The molecular formula is C27H31N3O7S2. The maximum Gasteiger partial charge on any atom is 0.264 e. The highest BCUT2D eigenvalue weighted by molar-refractivity contribution is 7.93. The summed E-state index contributed by atoms with van der Waals surface area (Å²) in [5.74, 6) is -0.172. The van der Waals surface area contributed by atoms with E-state index in [0.29, 0.717) is 18.8 Å². The third kappa shape index (κ3) is 6.18. The number of hydrogen-bond donors (Lipinski definition) is 1. The molecular weight excluding hydrogens is 542 g/mol. The average molecular weight is 574 g/mol. The number of methoxy groups -OCH3 is 1. The lowest BCUT2D eigenvalue weighted by molar-refractivity contribution is -0.114. The monoisotopic (exact) mass is 573 g/mol. The van der Waals surface area contributed by atoms with Crippen LogP contribution in [0.2, 0.25) is 0 Å². The quantitative estimate of drug-likeness (QED) is 0.371. The smallest absolute Gasteiger partial charge is 0.264 e. The highest BCUT2D eigenvalue weighted by atomic mass is 32.2. The normalized spacial score (nSPS) is 14.1. The molecule has 1 amide bonds. The van der Waals surface area contributed by atoms with Gasteiger partial charge in [-0.1, -0.05) is 30.3 Å². The van der Waals surface area contributed by atoms with Crippen molar-refractivity contribution in [2.75, 3.05) is 43.0 Å². The van der Waals surface area contributed by atoms with Gasteiger partial charge in [0.25, 0.3) is 10.0 Å². The maximum atomic E-state index is 13.7. The molecule has 10 nitrogen and oxygen atoms in total. The molecule has 0 spiro atoms. The second kappa shape index (κ2) is 12.1. The number of benzene rings is 3. The van der Waals surface area contributed by atoms with Crippen LogP contribution in [0.5, 0.6) is 11.5 Å². The lowest BCUT2D eigenvalue weighted by Gasteiger charge is -2.26. The van der Waals surface area contributed by atoms with Crippen molar-refractivity contribution < 1.29 is 31.1 Å². The Labute approximate surface area is 229 Å². The van der Waals surface area contributed by atoms with Crippen molar-refractivity contribution in [1.82, 2.24) is 4.31 Å². The Balaban J connectivity index is 1.69. The van der Waals surface area contributed by atoms with Gasteiger partial charge in [-0.2, -0.15) is 4.31 Å². The van der Waals surface area contributed by atoms with E-state index in [1.165, 1.54) is 41.7 Å². The van der Waals surface area contributed by atoms with Crippen LogP contribution in [0.3, 0.4) is 0 Å². The first-order valence-electron chi connectivity index (χ1n) is 12.5. The van der Waals surface area contributed by atoms with E-state index in [1.807, 2.05) is 0 Å². The van der Waals surface area contributed by atoms with Crippen LogP contribution in [-0.2, 0) is 24.8 Å². The number of rotatable bonds is 11.